The molecule has 38 heavy (non-hydrogen) atoms. The Balaban J connectivity index is 1.40. The number of rotatable bonds is 5. The molecule has 2 amide bonds. The molecule has 5 aromatic rings. The zero-order valence-corrected chi connectivity index (χ0v) is 22.4. The smallest absolute Gasteiger partial charge is 0.324 e. The van der Waals surface area contributed by atoms with Gasteiger partial charge < -0.3 is 10.2 Å². The SMILES string of the molecule is Cc1cc(C(C)(C)C)ccc1-n1nccc1NC(=O)Nc1ccc(N(C)c2cccnc2)c2ccccc12. The molecule has 0 unspecified atom stereocenters. The molecular weight excluding hydrogens is 472 g/mol. The summed E-state index contributed by atoms with van der Waals surface area (Å²) in [4.78, 5) is 19.5. The van der Waals surface area contributed by atoms with E-state index in [4.69, 9.17) is 0 Å². The Morgan fingerprint density at radius 3 is 2.39 bits per heavy atom. The van der Waals surface area contributed by atoms with E-state index in [2.05, 4.69) is 77.6 Å². The van der Waals surface area contributed by atoms with Crippen LogP contribution in [0, 0.1) is 6.92 Å². The predicted octanol–water partition coefficient (Wildman–Crippen LogP) is 7.44. The molecule has 2 N–H and O–H groups in total. The van der Waals surface area contributed by atoms with Gasteiger partial charge in [-0.3, -0.25) is 10.3 Å². The summed E-state index contributed by atoms with van der Waals surface area (Å²) in [5.41, 5.74) is 6.04. The van der Waals surface area contributed by atoms with Gasteiger partial charge >= 0.3 is 6.03 Å². The lowest BCUT2D eigenvalue weighted by molar-refractivity contribution is 0.262. The van der Waals surface area contributed by atoms with Crippen molar-refractivity contribution in [2.24, 2.45) is 0 Å². The van der Waals surface area contributed by atoms with Crippen LogP contribution >= 0.6 is 0 Å². The van der Waals surface area contributed by atoms with E-state index < -0.39 is 0 Å². The minimum atomic E-state index is -0.339. The summed E-state index contributed by atoms with van der Waals surface area (Å²) in [7, 11) is 2.01. The van der Waals surface area contributed by atoms with Crippen LogP contribution in [0.1, 0.15) is 31.9 Å². The summed E-state index contributed by atoms with van der Waals surface area (Å²) < 4.78 is 1.76. The lowest BCUT2D eigenvalue weighted by atomic mass is 9.86. The van der Waals surface area contributed by atoms with Gasteiger partial charge in [0.15, 0.2) is 0 Å². The molecule has 0 aliphatic heterocycles. The number of anilines is 4. The first-order valence-corrected chi connectivity index (χ1v) is 12.6. The molecule has 0 radical (unpaired) electrons. The number of amides is 2. The first-order valence-electron chi connectivity index (χ1n) is 12.6. The van der Waals surface area contributed by atoms with Crippen molar-refractivity contribution in [3.8, 4) is 5.69 Å². The highest BCUT2D eigenvalue weighted by atomic mass is 16.2. The van der Waals surface area contributed by atoms with Crippen LogP contribution in [0.15, 0.2) is 91.4 Å². The molecule has 0 fully saturated rings. The second kappa shape index (κ2) is 10.0. The van der Waals surface area contributed by atoms with Crippen molar-refractivity contribution in [1.29, 1.82) is 0 Å². The summed E-state index contributed by atoms with van der Waals surface area (Å²) in [6.45, 7) is 8.64. The number of hydrogen-bond donors (Lipinski definition) is 2. The average Bonchev–Trinajstić information content (AvgIpc) is 3.36. The third-order valence-electron chi connectivity index (χ3n) is 6.72. The number of benzene rings is 3. The second-order valence-corrected chi connectivity index (χ2v) is 10.4. The number of urea groups is 1. The van der Waals surface area contributed by atoms with Gasteiger partial charge in [-0.15, -0.1) is 0 Å². The van der Waals surface area contributed by atoms with E-state index in [0.29, 0.717) is 5.82 Å². The van der Waals surface area contributed by atoms with Crippen molar-refractivity contribution < 1.29 is 4.79 Å². The summed E-state index contributed by atoms with van der Waals surface area (Å²) in [5, 5.41) is 12.4. The third-order valence-corrected chi connectivity index (χ3v) is 6.72. The van der Waals surface area contributed by atoms with Crippen LogP contribution in [0.4, 0.5) is 27.7 Å². The second-order valence-electron chi connectivity index (χ2n) is 10.4. The molecule has 192 valence electrons. The van der Waals surface area contributed by atoms with Crippen molar-refractivity contribution in [2.75, 3.05) is 22.6 Å². The zero-order valence-electron chi connectivity index (χ0n) is 22.4. The Hall–Kier alpha value is -4.65. The molecule has 7 heteroatoms. The zero-order chi connectivity index (χ0) is 26.9. The summed E-state index contributed by atoms with van der Waals surface area (Å²) in [5.74, 6) is 0.589. The van der Waals surface area contributed by atoms with Gasteiger partial charge in [0, 0.05) is 35.8 Å². The lowest BCUT2D eigenvalue weighted by Crippen LogP contribution is -2.22. The Kier molecular flexibility index (Phi) is 6.59. The molecule has 0 atom stereocenters. The molecule has 0 aliphatic rings. The number of nitrogens with one attached hydrogen (secondary N) is 2. The highest BCUT2D eigenvalue weighted by molar-refractivity contribution is 6.09. The maximum atomic E-state index is 13.1. The minimum Gasteiger partial charge on any atom is -0.343 e. The quantitative estimate of drug-likeness (QED) is 0.261. The van der Waals surface area contributed by atoms with Crippen molar-refractivity contribution in [1.82, 2.24) is 14.8 Å². The van der Waals surface area contributed by atoms with Crippen molar-refractivity contribution in [3.05, 3.63) is 103 Å². The standard InChI is InChI=1S/C31H32N6O/c1-21-19-22(31(2,3)4)12-14-27(21)37-29(16-18-33-37)35-30(38)34-26-13-15-28(25-11-7-6-10-24(25)26)36(5)23-9-8-17-32-20-23/h6-20H,1-5H3,(H2,34,35,38). The molecule has 0 aliphatic carbocycles. The van der Waals surface area contributed by atoms with Crippen molar-refractivity contribution in [2.45, 2.75) is 33.1 Å². The molecular formula is C31H32N6O. The number of carbonyl (C=O) groups excluding carboxylic acids is 1. The maximum absolute atomic E-state index is 13.1. The van der Waals surface area contributed by atoms with Gasteiger partial charge in [0.05, 0.1) is 29.5 Å². The molecule has 2 heterocycles. The number of nitrogens with zero attached hydrogens (tertiary/aromatic N) is 4. The summed E-state index contributed by atoms with van der Waals surface area (Å²) in [6.07, 6.45) is 5.27. The van der Waals surface area contributed by atoms with E-state index in [9.17, 15) is 4.79 Å². The minimum absolute atomic E-state index is 0.0550. The molecule has 0 saturated heterocycles. The molecule has 0 saturated carbocycles. The van der Waals surface area contributed by atoms with E-state index in [1.807, 2.05) is 55.7 Å². The van der Waals surface area contributed by atoms with Crippen molar-refractivity contribution in [3.63, 3.8) is 0 Å². The first kappa shape index (κ1) is 25.0. The Morgan fingerprint density at radius 1 is 0.895 bits per heavy atom. The number of pyridine rings is 1. The molecule has 0 spiro atoms. The first-order chi connectivity index (χ1) is 18.2. The molecule has 7 nitrogen and oxygen atoms in total. The van der Waals surface area contributed by atoms with E-state index in [1.165, 1.54) is 5.56 Å². The topological polar surface area (TPSA) is 75.1 Å². The average molecular weight is 505 g/mol. The molecule has 3 aromatic carbocycles. The Morgan fingerprint density at radius 2 is 1.68 bits per heavy atom. The normalized spacial score (nSPS) is 11.4. The van der Waals surface area contributed by atoms with Crippen molar-refractivity contribution >= 4 is 39.7 Å². The van der Waals surface area contributed by atoms with E-state index in [0.717, 1.165) is 39.1 Å². The Bertz CT molecular complexity index is 1600. The fraction of sp³-hybridized carbons (Fsp3) is 0.194. The molecule has 2 aromatic heterocycles. The van der Waals surface area contributed by atoms with Gasteiger partial charge in [0.25, 0.3) is 0 Å². The van der Waals surface area contributed by atoms with Crippen LogP contribution in [-0.2, 0) is 5.41 Å². The van der Waals surface area contributed by atoms with Gasteiger partial charge in [-0.25, -0.2) is 9.48 Å². The molecule has 0 bridgehead atoms. The highest BCUT2D eigenvalue weighted by Crippen LogP contribution is 2.35. The van der Waals surface area contributed by atoms with Crippen LogP contribution in [0.3, 0.4) is 0 Å². The van der Waals surface area contributed by atoms with Crippen LogP contribution in [0.2, 0.25) is 0 Å². The maximum Gasteiger partial charge on any atom is 0.324 e. The third kappa shape index (κ3) is 4.95. The van der Waals surface area contributed by atoms with Crippen LogP contribution in [0.5, 0.6) is 0 Å². The van der Waals surface area contributed by atoms with E-state index in [1.54, 1.807) is 23.1 Å². The highest BCUT2D eigenvalue weighted by Gasteiger charge is 2.17. The fourth-order valence-electron chi connectivity index (χ4n) is 4.60. The van der Waals surface area contributed by atoms with Crippen LogP contribution in [0.25, 0.3) is 16.5 Å². The number of hydrogen-bond acceptors (Lipinski definition) is 4. The number of fused-ring (bicyclic) bond motifs is 1. The summed E-state index contributed by atoms with van der Waals surface area (Å²) >= 11 is 0. The molecule has 5 rings (SSSR count). The van der Waals surface area contributed by atoms with Gasteiger partial charge in [-0.2, -0.15) is 5.10 Å². The number of aryl methyl sites for hydroxylation is 1. The van der Waals surface area contributed by atoms with Gasteiger partial charge in [-0.1, -0.05) is 57.2 Å². The van der Waals surface area contributed by atoms with Crippen LogP contribution < -0.4 is 15.5 Å². The number of aromatic nitrogens is 3. The summed E-state index contributed by atoms with van der Waals surface area (Å²) in [6, 6.07) is 23.7. The van der Waals surface area contributed by atoms with Crippen LogP contribution in [-0.4, -0.2) is 27.8 Å². The van der Waals surface area contributed by atoms with Gasteiger partial charge in [0.2, 0.25) is 0 Å². The van der Waals surface area contributed by atoms with E-state index >= 15 is 0 Å². The largest absolute Gasteiger partial charge is 0.343 e. The lowest BCUT2D eigenvalue weighted by Gasteiger charge is -2.22. The number of carbonyl (C=O) groups is 1. The van der Waals surface area contributed by atoms with Gasteiger partial charge in [0.1, 0.15) is 5.82 Å². The fourth-order valence-corrected chi connectivity index (χ4v) is 4.60. The Labute approximate surface area is 223 Å². The predicted molar refractivity (Wildman–Crippen MR) is 156 cm³/mol. The van der Waals surface area contributed by atoms with E-state index in [-0.39, 0.29) is 11.4 Å². The van der Waals surface area contributed by atoms with Gasteiger partial charge in [-0.05, 0) is 53.8 Å². The monoisotopic (exact) mass is 504 g/mol.